The lowest BCUT2D eigenvalue weighted by molar-refractivity contribution is 0.00170. The van der Waals surface area contributed by atoms with Crippen LogP contribution < -0.4 is 0 Å². The molecular formula is C11H22FNO2. The van der Waals surface area contributed by atoms with Gasteiger partial charge in [-0.1, -0.05) is 0 Å². The quantitative estimate of drug-likeness (QED) is 0.705. The lowest BCUT2D eigenvalue weighted by Gasteiger charge is -2.32. The monoisotopic (exact) mass is 219 g/mol. The number of aliphatic hydroxyl groups excluding tert-OH is 1. The molecule has 1 rings (SSSR count). The Kier molecular flexibility index (Phi) is 5.50. The Morgan fingerprint density at radius 2 is 2.27 bits per heavy atom. The number of aliphatic hydroxyl groups is 1. The summed E-state index contributed by atoms with van der Waals surface area (Å²) >= 11 is 0. The topological polar surface area (TPSA) is 32.7 Å². The molecule has 1 N–H and O–H groups in total. The summed E-state index contributed by atoms with van der Waals surface area (Å²) in [5.41, 5.74) is 0. The van der Waals surface area contributed by atoms with Gasteiger partial charge in [0.1, 0.15) is 6.17 Å². The lowest BCUT2D eigenvalue weighted by atomic mass is 10.1. The van der Waals surface area contributed by atoms with Gasteiger partial charge in [0, 0.05) is 26.2 Å². The zero-order valence-electron chi connectivity index (χ0n) is 9.66. The van der Waals surface area contributed by atoms with Crippen molar-refractivity contribution in [3.05, 3.63) is 0 Å². The van der Waals surface area contributed by atoms with Crippen LogP contribution in [0.3, 0.4) is 0 Å². The van der Waals surface area contributed by atoms with Crippen LogP contribution in [0.2, 0.25) is 0 Å². The normalized spacial score (nSPS) is 28.6. The van der Waals surface area contributed by atoms with Crippen molar-refractivity contribution in [3.63, 3.8) is 0 Å². The average molecular weight is 219 g/mol. The molecule has 0 aromatic carbocycles. The van der Waals surface area contributed by atoms with Crippen LogP contribution in [0.1, 0.15) is 26.7 Å². The molecule has 90 valence electrons. The summed E-state index contributed by atoms with van der Waals surface area (Å²) in [7, 11) is 0. The Hall–Kier alpha value is -0.190. The van der Waals surface area contributed by atoms with E-state index in [9.17, 15) is 9.50 Å². The minimum atomic E-state index is -1.08. The molecule has 1 aliphatic rings. The lowest BCUT2D eigenvalue weighted by Crippen LogP contribution is -2.44. The third-order valence-electron chi connectivity index (χ3n) is 2.66. The van der Waals surface area contributed by atoms with Crippen molar-refractivity contribution in [1.82, 2.24) is 4.90 Å². The summed E-state index contributed by atoms with van der Waals surface area (Å²) in [5.74, 6) is 0. The molecular weight excluding hydrogens is 197 g/mol. The molecule has 0 aromatic rings. The molecule has 15 heavy (non-hydrogen) atoms. The van der Waals surface area contributed by atoms with E-state index in [1.54, 1.807) is 0 Å². The van der Waals surface area contributed by atoms with Crippen LogP contribution in [0.5, 0.6) is 0 Å². The first-order chi connectivity index (χ1) is 7.09. The van der Waals surface area contributed by atoms with Gasteiger partial charge < -0.3 is 14.7 Å². The van der Waals surface area contributed by atoms with Crippen LogP contribution in [0, 0.1) is 0 Å². The van der Waals surface area contributed by atoms with E-state index in [0.717, 1.165) is 26.1 Å². The second-order valence-electron chi connectivity index (χ2n) is 4.45. The third-order valence-corrected chi connectivity index (χ3v) is 2.66. The van der Waals surface area contributed by atoms with E-state index in [2.05, 4.69) is 4.90 Å². The first-order valence-corrected chi connectivity index (χ1v) is 5.75. The molecule has 0 bridgehead atoms. The Morgan fingerprint density at radius 3 is 2.87 bits per heavy atom. The van der Waals surface area contributed by atoms with Crippen molar-refractivity contribution in [2.45, 2.75) is 45.1 Å². The van der Waals surface area contributed by atoms with Crippen LogP contribution >= 0.6 is 0 Å². The van der Waals surface area contributed by atoms with Crippen LogP contribution in [-0.2, 0) is 4.74 Å². The fourth-order valence-electron chi connectivity index (χ4n) is 1.77. The zero-order valence-corrected chi connectivity index (χ0v) is 9.66. The molecule has 1 heterocycles. The van der Waals surface area contributed by atoms with Crippen LogP contribution in [-0.4, -0.2) is 54.6 Å². The van der Waals surface area contributed by atoms with Gasteiger partial charge in [-0.25, -0.2) is 4.39 Å². The first-order valence-electron chi connectivity index (χ1n) is 5.75. The van der Waals surface area contributed by atoms with E-state index in [-0.39, 0.29) is 6.10 Å². The van der Waals surface area contributed by atoms with Gasteiger partial charge in [0.05, 0.1) is 12.2 Å². The van der Waals surface area contributed by atoms with Gasteiger partial charge in [-0.2, -0.15) is 0 Å². The molecule has 1 aliphatic heterocycles. The highest BCUT2D eigenvalue weighted by Crippen LogP contribution is 2.13. The third kappa shape index (κ3) is 4.91. The van der Waals surface area contributed by atoms with Gasteiger partial charge in [-0.05, 0) is 26.7 Å². The number of piperidine rings is 1. The summed E-state index contributed by atoms with van der Waals surface area (Å²) in [6, 6.07) is 0. The molecule has 0 spiro atoms. The molecule has 1 fully saturated rings. The average Bonchev–Trinajstić information content (AvgIpc) is 2.18. The highest BCUT2D eigenvalue weighted by Gasteiger charge is 2.26. The minimum Gasteiger partial charge on any atom is -0.390 e. The molecule has 2 atom stereocenters. The maximum absolute atomic E-state index is 13.1. The number of hydrogen-bond donors (Lipinski definition) is 1. The highest BCUT2D eigenvalue weighted by atomic mass is 19.1. The Morgan fingerprint density at radius 1 is 1.53 bits per heavy atom. The Balaban J connectivity index is 2.07. The van der Waals surface area contributed by atoms with Crippen LogP contribution in [0.15, 0.2) is 0 Å². The largest absolute Gasteiger partial charge is 0.390 e. The summed E-state index contributed by atoms with van der Waals surface area (Å²) in [4.78, 5) is 2.06. The predicted molar refractivity (Wildman–Crippen MR) is 57.7 cm³/mol. The molecule has 0 amide bonds. The van der Waals surface area contributed by atoms with Crippen molar-refractivity contribution in [2.75, 3.05) is 26.2 Å². The number of alkyl halides is 1. The number of halogens is 1. The molecule has 0 unspecified atom stereocenters. The summed E-state index contributed by atoms with van der Waals surface area (Å²) in [5, 5.41) is 9.21. The van der Waals surface area contributed by atoms with E-state index in [0.29, 0.717) is 13.0 Å². The summed E-state index contributed by atoms with van der Waals surface area (Å²) in [6.07, 6.45) is -0.0900. The summed E-state index contributed by atoms with van der Waals surface area (Å²) in [6.45, 7) is 6.77. The van der Waals surface area contributed by atoms with Gasteiger partial charge >= 0.3 is 0 Å². The van der Waals surface area contributed by atoms with Gasteiger partial charge in [0.2, 0.25) is 0 Å². The van der Waals surface area contributed by atoms with E-state index in [1.807, 2.05) is 13.8 Å². The molecule has 4 heteroatoms. The van der Waals surface area contributed by atoms with E-state index < -0.39 is 12.3 Å². The van der Waals surface area contributed by atoms with Gasteiger partial charge in [0.25, 0.3) is 0 Å². The second-order valence-corrected chi connectivity index (χ2v) is 4.45. The maximum atomic E-state index is 13.1. The van der Waals surface area contributed by atoms with E-state index in [4.69, 9.17) is 4.74 Å². The highest BCUT2D eigenvalue weighted by molar-refractivity contribution is 4.79. The number of rotatable bonds is 5. The standard InChI is InChI=1S/C11H22FNO2/c1-9(2)15-7-3-5-13-6-4-11(14)10(12)8-13/h9-11,14H,3-8H2,1-2H3/t10-,11+/m1/s1. The molecule has 0 aliphatic carbocycles. The molecule has 1 saturated heterocycles. The predicted octanol–water partition coefficient (Wildman–Crippen LogP) is 1.21. The van der Waals surface area contributed by atoms with Gasteiger partial charge in [-0.15, -0.1) is 0 Å². The molecule has 3 nitrogen and oxygen atoms in total. The van der Waals surface area contributed by atoms with Crippen LogP contribution in [0.25, 0.3) is 0 Å². The SMILES string of the molecule is CC(C)OCCCN1CC[C@H](O)[C@H](F)C1. The zero-order chi connectivity index (χ0) is 11.3. The molecule has 0 aromatic heterocycles. The fraction of sp³-hybridized carbons (Fsp3) is 1.00. The van der Waals surface area contributed by atoms with Gasteiger partial charge in [0.15, 0.2) is 0 Å². The van der Waals surface area contributed by atoms with Crippen molar-refractivity contribution < 1.29 is 14.2 Å². The minimum absolute atomic E-state index is 0.266. The van der Waals surface area contributed by atoms with E-state index in [1.165, 1.54) is 0 Å². The second kappa shape index (κ2) is 6.40. The van der Waals surface area contributed by atoms with Crippen molar-refractivity contribution in [1.29, 1.82) is 0 Å². The number of hydrogen-bond acceptors (Lipinski definition) is 3. The fourth-order valence-corrected chi connectivity index (χ4v) is 1.77. The molecule has 0 saturated carbocycles. The maximum Gasteiger partial charge on any atom is 0.138 e. The number of ether oxygens (including phenoxy) is 1. The Labute approximate surface area is 91.2 Å². The number of likely N-dealkylation sites (tertiary alicyclic amines) is 1. The van der Waals surface area contributed by atoms with Crippen molar-refractivity contribution >= 4 is 0 Å². The van der Waals surface area contributed by atoms with Crippen molar-refractivity contribution in [2.24, 2.45) is 0 Å². The first kappa shape index (κ1) is 12.9. The Bertz CT molecular complexity index is 178. The van der Waals surface area contributed by atoms with E-state index >= 15 is 0 Å². The molecule has 0 radical (unpaired) electrons. The smallest absolute Gasteiger partial charge is 0.138 e. The van der Waals surface area contributed by atoms with Crippen molar-refractivity contribution in [3.8, 4) is 0 Å². The summed E-state index contributed by atoms with van der Waals surface area (Å²) < 4.78 is 18.6. The van der Waals surface area contributed by atoms with Crippen LogP contribution in [0.4, 0.5) is 4.39 Å². The number of nitrogens with zero attached hydrogens (tertiary/aromatic N) is 1. The van der Waals surface area contributed by atoms with Gasteiger partial charge in [-0.3, -0.25) is 0 Å².